The van der Waals surface area contributed by atoms with Crippen molar-refractivity contribution in [2.45, 2.75) is 26.1 Å². The minimum atomic E-state index is -1.48. The molecule has 0 aliphatic carbocycles. The molecule has 0 N–H and O–H groups in total. The monoisotopic (exact) mass is 412 g/mol. The summed E-state index contributed by atoms with van der Waals surface area (Å²) in [5, 5.41) is 26.2. The second kappa shape index (κ2) is 7.57. The van der Waals surface area contributed by atoms with Crippen molar-refractivity contribution in [3.05, 3.63) is 72.1 Å². The van der Waals surface area contributed by atoms with Gasteiger partial charge in [-0.1, -0.05) is 6.07 Å². The number of nitriles is 1. The van der Waals surface area contributed by atoms with Crippen LogP contribution in [0.3, 0.4) is 0 Å². The van der Waals surface area contributed by atoms with E-state index in [-0.39, 0.29) is 5.82 Å². The summed E-state index contributed by atoms with van der Waals surface area (Å²) < 4.78 is 18.6. The van der Waals surface area contributed by atoms with Crippen molar-refractivity contribution in [3.63, 3.8) is 0 Å². The fraction of sp³-hybridized carbons (Fsp3) is 0.182. The van der Waals surface area contributed by atoms with Gasteiger partial charge in [-0.05, 0) is 42.8 Å². The number of nitrogens with zero attached hydrogens (tertiary/aromatic N) is 8. The third kappa shape index (κ3) is 3.48. The van der Waals surface area contributed by atoms with Gasteiger partial charge in [-0.2, -0.15) is 20.0 Å². The highest BCUT2D eigenvalue weighted by atomic mass is 19.1. The zero-order valence-electron chi connectivity index (χ0n) is 16.6. The molecule has 5 aromatic rings. The van der Waals surface area contributed by atoms with Crippen molar-refractivity contribution in [3.8, 4) is 17.2 Å². The Kier molecular flexibility index (Phi) is 4.59. The highest BCUT2D eigenvalue weighted by Gasteiger charge is 2.21. The summed E-state index contributed by atoms with van der Waals surface area (Å²) in [4.78, 5) is 4.50. The lowest BCUT2D eigenvalue weighted by Gasteiger charge is -2.09. The van der Waals surface area contributed by atoms with Crippen molar-refractivity contribution < 1.29 is 4.39 Å². The van der Waals surface area contributed by atoms with Crippen molar-refractivity contribution in [2.75, 3.05) is 0 Å². The predicted molar refractivity (Wildman–Crippen MR) is 112 cm³/mol. The highest BCUT2D eigenvalue weighted by molar-refractivity contribution is 5.84. The molecule has 0 spiro atoms. The van der Waals surface area contributed by atoms with E-state index in [4.69, 9.17) is 5.26 Å². The number of aryl methyl sites for hydroxylation is 2. The summed E-state index contributed by atoms with van der Waals surface area (Å²) in [6.45, 7) is 2.37. The summed E-state index contributed by atoms with van der Waals surface area (Å²) in [5.41, 5.74) is 4.22. The van der Waals surface area contributed by atoms with E-state index in [1.807, 2.05) is 25.3 Å². The van der Waals surface area contributed by atoms with E-state index in [0.717, 1.165) is 27.7 Å². The van der Waals surface area contributed by atoms with E-state index >= 15 is 4.39 Å². The summed E-state index contributed by atoms with van der Waals surface area (Å²) in [6.07, 6.45) is 4.28. The number of hydrogen-bond donors (Lipinski definition) is 0. The van der Waals surface area contributed by atoms with Gasteiger partial charge in [-0.3, -0.25) is 9.67 Å². The van der Waals surface area contributed by atoms with Crippen LogP contribution in [0.15, 0.2) is 55.0 Å². The van der Waals surface area contributed by atoms with Crippen LogP contribution in [0.25, 0.3) is 27.7 Å². The molecule has 8 nitrogen and oxygen atoms in total. The van der Waals surface area contributed by atoms with E-state index in [0.29, 0.717) is 24.2 Å². The van der Waals surface area contributed by atoms with Gasteiger partial charge in [0.25, 0.3) is 0 Å². The third-order valence-electron chi connectivity index (χ3n) is 5.06. The quantitative estimate of drug-likeness (QED) is 0.435. The van der Waals surface area contributed by atoms with Crippen LogP contribution in [0, 0.1) is 18.3 Å². The standard InChI is InChI=1S/C22H17FN8/c1-14-3-6-20-27-28-22(31(20)29-14)21(23)15-4-5-19-16(9-15)10-17(11-25-19)18-12-26-30(13-18)8-2-7-24/h3-6,9-13,21H,2,8H2,1H3. The maximum absolute atomic E-state index is 15.4. The van der Waals surface area contributed by atoms with Crippen LogP contribution in [0.2, 0.25) is 0 Å². The normalized spacial score (nSPS) is 12.3. The highest BCUT2D eigenvalue weighted by Crippen LogP contribution is 2.29. The molecule has 0 fully saturated rings. The molecule has 0 saturated carbocycles. The first-order valence-electron chi connectivity index (χ1n) is 9.75. The number of pyridine rings is 1. The Morgan fingerprint density at radius 1 is 1.10 bits per heavy atom. The van der Waals surface area contributed by atoms with Crippen molar-refractivity contribution in [2.24, 2.45) is 0 Å². The molecular formula is C22H17FN8. The lowest BCUT2D eigenvalue weighted by Crippen LogP contribution is -2.04. The number of aromatic nitrogens is 7. The van der Waals surface area contributed by atoms with Crippen LogP contribution in [-0.2, 0) is 6.54 Å². The summed E-state index contributed by atoms with van der Waals surface area (Å²) in [7, 11) is 0. The second-order valence-corrected chi connectivity index (χ2v) is 7.24. The molecule has 1 aromatic carbocycles. The van der Waals surface area contributed by atoms with Crippen LogP contribution < -0.4 is 0 Å². The van der Waals surface area contributed by atoms with E-state index in [1.54, 1.807) is 41.3 Å². The Labute approximate surface area is 176 Å². The third-order valence-corrected chi connectivity index (χ3v) is 5.06. The van der Waals surface area contributed by atoms with Gasteiger partial charge in [-0.15, -0.1) is 10.2 Å². The molecule has 0 amide bonds. The molecule has 152 valence electrons. The molecule has 31 heavy (non-hydrogen) atoms. The zero-order valence-corrected chi connectivity index (χ0v) is 16.6. The van der Waals surface area contributed by atoms with Crippen LogP contribution in [0.1, 0.15) is 29.7 Å². The first-order chi connectivity index (χ1) is 15.1. The molecule has 9 heteroatoms. The van der Waals surface area contributed by atoms with Gasteiger partial charge in [0, 0.05) is 28.9 Å². The molecule has 0 bridgehead atoms. The Hall–Kier alpha value is -4.19. The smallest absolute Gasteiger partial charge is 0.193 e. The Bertz CT molecular complexity index is 1450. The Morgan fingerprint density at radius 2 is 2.00 bits per heavy atom. The average Bonchev–Trinajstić information content (AvgIpc) is 3.43. The summed E-state index contributed by atoms with van der Waals surface area (Å²) in [6, 6.07) is 12.9. The fourth-order valence-electron chi connectivity index (χ4n) is 3.47. The largest absolute Gasteiger partial charge is 0.271 e. The molecule has 4 heterocycles. The number of halogens is 1. The maximum atomic E-state index is 15.4. The SMILES string of the molecule is Cc1ccc2nnc(C(F)c3ccc4ncc(-c5cnn(CCC#N)c5)cc4c3)n2n1. The van der Waals surface area contributed by atoms with Crippen LogP contribution >= 0.6 is 0 Å². The number of benzene rings is 1. The first-order valence-corrected chi connectivity index (χ1v) is 9.75. The molecule has 0 aliphatic heterocycles. The predicted octanol–water partition coefficient (Wildman–Crippen LogP) is 3.82. The van der Waals surface area contributed by atoms with Crippen LogP contribution in [0.5, 0.6) is 0 Å². The Morgan fingerprint density at radius 3 is 2.87 bits per heavy atom. The molecular weight excluding hydrogens is 395 g/mol. The van der Waals surface area contributed by atoms with E-state index in [9.17, 15) is 0 Å². The van der Waals surface area contributed by atoms with Crippen LogP contribution in [0.4, 0.5) is 4.39 Å². The van der Waals surface area contributed by atoms with Crippen molar-refractivity contribution in [1.29, 1.82) is 5.26 Å². The summed E-state index contributed by atoms with van der Waals surface area (Å²) in [5.74, 6) is 0.140. The molecule has 4 aromatic heterocycles. The number of fused-ring (bicyclic) bond motifs is 2. The lowest BCUT2D eigenvalue weighted by atomic mass is 10.0. The van der Waals surface area contributed by atoms with Crippen molar-refractivity contribution >= 4 is 16.6 Å². The van der Waals surface area contributed by atoms with E-state index < -0.39 is 6.17 Å². The van der Waals surface area contributed by atoms with Gasteiger partial charge in [0.2, 0.25) is 0 Å². The molecule has 5 rings (SSSR count). The van der Waals surface area contributed by atoms with Gasteiger partial charge >= 0.3 is 0 Å². The number of rotatable bonds is 5. The molecule has 1 unspecified atom stereocenters. The first kappa shape index (κ1) is 18.8. The van der Waals surface area contributed by atoms with Gasteiger partial charge in [0.1, 0.15) is 0 Å². The van der Waals surface area contributed by atoms with Crippen molar-refractivity contribution in [1.82, 2.24) is 34.6 Å². The second-order valence-electron chi connectivity index (χ2n) is 7.24. The van der Waals surface area contributed by atoms with Gasteiger partial charge in [0.05, 0.1) is 36.4 Å². The van der Waals surface area contributed by atoms with Gasteiger partial charge < -0.3 is 0 Å². The number of hydrogen-bond acceptors (Lipinski definition) is 6. The minimum absolute atomic E-state index is 0.140. The van der Waals surface area contributed by atoms with Gasteiger partial charge in [-0.25, -0.2) is 4.39 Å². The fourth-order valence-corrected chi connectivity index (χ4v) is 3.47. The maximum Gasteiger partial charge on any atom is 0.193 e. The average molecular weight is 412 g/mol. The molecule has 0 aliphatic rings. The zero-order chi connectivity index (χ0) is 21.4. The molecule has 1 atom stereocenters. The van der Waals surface area contributed by atoms with E-state index in [2.05, 4.69) is 31.4 Å². The number of alkyl halides is 1. The topological polar surface area (TPSA) is 97.6 Å². The molecule has 0 saturated heterocycles. The lowest BCUT2D eigenvalue weighted by molar-refractivity contribution is 0.377. The van der Waals surface area contributed by atoms with Gasteiger partial charge in [0.15, 0.2) is 17.6 Å². The Balaban J connectivity index is 1.51. The van der Waals surface area contributed by atoms with E-state index in [1.165, 1.54) is 4.52 Å². The minimum Gasteiger partial charge on any atom is -0.271 e. The van der Waals surface area contributed by atoms with Crippen LogP contribution in [-0.4, -0.2) is 34.6 Å². The molecule has 0 radical (unpaired) electrons. The summed E-state index contributed by atoms with van der Waals surface area (Å²) >= 11 is 0.